The van der Waals surface area contributed by atoms with Gasteiger partial charge in [-0.25, -0.2) is 4.98 Å². The summed E-state index contributed by atoms with van der Waals surface area (Å²) in [7, 11) is 0. The predicted octanol–water partition coefficient (Wildman–Crippen LogP) is 3.66. The van der Waals surface area contributed by atoms with E-state index in [9.17, 15) is 0 Å². The lowest BCUT2D eigenvalue weighted by atomic mass is 10.1. The molecule has 0 fully saturated rings. The zero-order valence-corrected chi connectivity index (χ0v) is 9.83. The first kappa shape index (κ1) is 11.0. The smallest absolute Gasteiger partial charge is 0.126 e. The third-order valence-corrected chi connectivity index (χ3v) is 2.69. The average Bonchev–Trinajstić information content (AvgIpc) is 2.29. The number of pyridine rings is 1. The van der Waals surface area contributed by atoms with Crippen molar-refractivity contribution in [3.8, 4) is 0 Å². The Morgan fingerprint density at radius 2 is 2.12 bits per heavy atom. The monoisotopic (exact) mass is 232 g/mol. The minimum absolute atomic E-state index is 0.691. The molecule has 2 aromatic rings. The van der Waals surface area contributed by atoms with Gasteiger partial charge in [-0.05, 0) is 36.2 Å². The molecular weight excluding hydrogens is 220 g/mol. The second kappa shape index (κ2) is 4.99. The Bertz CT molecular complexity index is 469. The zero-order chi connectivity index (χ0) is 11.4. The van der Waals surface area contributed by atoms with Gasteiger partial charge in [-0.15, -0.1) is 0 Å². The van der Waals surface area contributed by atoms with Crippen LogP contribution in [0.5, 0.6) is 0 Å². The van der Waals surface area contributed by atoms with Gasteiger partial charge in [0, 0.05) is 17.8 Å². The highest BCUT2D eigenvalue weighted by atomic mass is 35.5. The predicted molar refractivity (Wildman–Crippen MR) is 67.8 cm³/mol. The van der Waals surface area contributed by atoms with Crippen molar-refractivity contribution >= 4 is 17.4 Å². The fourth-order valence-corrected chi connectivity index (χ4v) is 1.75. The summed E-state index contributed by atoms with van der Waals surface area (Å²) in [6.45, 7) is 2.72. The number of halogens is 1. The normalized spacial score (nSPS) is 10.1. The molecular formula is C13H13ClN2. The highest BCUT2D eigenvalue weighted by Crippen LogP contribution is 2.18. The molecule has 1 aromatic carbocycles. The zero-order valence-electron chi connectivity index (χ0n) is 9.07. The van der Waals surface area contributed by atoms with Gasteiger partial charge in [-0.1, -0.05) is 29.8 Å². The molecule has 82 valence electrons. The van der Waals surface area contributed by atoms with Gasteiger partial charge < -0.3 is 5.32 Å². The number of aromatic nitrogens is 1. The number of aryl methyl sites for hydroxylation is 1. The van der Waals surface area contributed by atoms with Crippen LogP contribution in [0.1, 0.15) is 11.1 Å². The Labute approximate surface area is 100 Å². The molecule has 0 radical (unpaired) electrons. The lowest BCUT2D eigenvalue weighted by Gasteiger charge is -2.07. The summed E-state index contributed by atoms with van der Waals surface area (Å²) < 4.78 is 0. The topological polar surface area (TPSA) is 24.9 Å². The van der Waals surface area contributed by atoms with Crippen LogP contribution in [0.3, 0.4) is 0 Å². The van der Waals surface area contributed by atoms with E-state index in [1.165, 1.54) is 5.56 Å². The molecule has 0 bridgehead atoms. The van der Waals surface area contributed by atoms with Gasteiger partial charge in [0.1, 0.15) is 5.82 Å². The second-order valence-corrected chi connectivity index (χ2v) is 4.07. The molecule has 1 N–H and O–H groups in total. The number of hydrogen-bond donors (Lipinski definition) is 1. The van der Waals surface area contributed by atoms with Crippen LogP contribution >= 0.6 is 11.6 Å². The summed E-state index contributed by atoms with van der Waals surface area (Å²) in [5.74, 6) is 0.860. The third kappa shape index (κ3) is 2.74. The minimum atomic E-state index is 0.691. The Balaban J connectivity index is 2.05. The van der Waals surface area contributed by atoms with E-state index in [0.29, 0.717) is 6.54 Å². The molecule has 2 rings (SSSR count). The van der Waals surface area contributed by atoms with Crippen LogP contribution in [0.2, 0.25) is 5.02 Å². The first-order chi connectivity index (χ1) is 7.75. The summed E-state index contributed by atoms with van der Waals surface area (Å²) in [6.07, 6.45) is 1.76. The quantitative estimate of drug-likeness (QED) is 0.874. The van der Waals surface area contributed by atoms with Crippen molar-refractivity contribution in [3.05, 3.63) is 58.7 Å². The summed E-state index contributed by atoms with van der Waals surface area (Å²) in [5, 5.41) is 4.02. The van der Waals surface area contributed by atoms with E-state index in [0.717, 1.165) is 16.4 Å². The van der Waals surface area contributed by atoms with E-state index < -0.39 is 0 Å². The van der Waals surface area contributed by atoms with E-state index >= 15 is 0 Å². The SMILES string of the molecule is Cc1ccc(CNc2ccccn2)c(Cl)c1. The molecule has 0 spiro atoms. The number of rotatable bonds is 3. The van der Waals surface area contributed by atoms with Gasteiger partial charge in [0.05, 0.1) is 0 Å². The molecule has 0 aliphatic heterocycles. The van der Waals surface area contributed by atoms with Crippen LogP contribution in [0.15, 0.2) is 42.6 Å². The van der Waals surface area contributed by atoms with E-state index in [4.69, 9.17) is 11.6 Å². The number of nitrogens with one attached hydrogen (secondary N) is 1. The lowest BCUT2D eigenvalue weighted by Crippen LogP contribution is -2.01. The molecule has 0 unspecified atom stereocenters. The van der Waals surface area contributed by atoms with E-state index in [1.807, 2.05) is 37.3 Å². The largest absolute Gasteiger partial charge is 0.366 e. The van der Waals surface area contributed by atoms with Crippen molar-refractivity contribution in [1.82, 2.24) is 4.98 Å². The Kier molecular flexibility index (Phi) is 3.42. The fourth-order valence-electron chi connectivity index (χ4n) is 1.45. The van der Waals surface area contributed by atoms with E-state index in [2.05, 4.69) is 16.4 Å². The maximum atomic E-state index is 6.14. The summed E-state index contributed by atoms with van der Waals surface area (Å²) in [5.41, 5.74) is 2.25. The van der Waals surface area contributed by atoms with Crippen LogP contribution in [0, 0.1) is 6.92 Å². The van der Waals surface area contributed by atoms with Gasteiger partial charge in [-0.2, -0.15) is 0 Å². The molecule has 3 heteroatoms. The highest BCUT2D eigenvalue weighted by molar-refractivity contribution is 6.31. The van der Waals surface area contributed by atoms with Crippen molar-refractivity contribution in [2.24, 2.45) is 0 Å². The summed E-state index contributed by atoms with van der Waals surface area (Å²) >= 11 is 6.14. The first-order valence-electron chi connectivity index (χ1n) is 5.15. The maximum absolute atomic E-state index is 6.14. The van der Waals surface area contributed by atoms with Gasteiger partial charge in [0.15, 0.2) is 0 Å². The molecule has 16 heavy (non-hydrogen) atoms. The minimum Gasteiger partial charge on any atom is -0.366 e. The summed E-state index contributed by atoms with van der Waals surface area (Å²) in [6, 6.07) is 11.8. The van der Waals surface area contributed by atoms with Crippen LogP contribution in [-0.2, 0) is 6.54 Å². The lowest BCUT2D eigenvalue weighted by molar-refractivity contribution is 1.11. The van der Waals surface area contributed by atoms with Crippen LogP contribution < -0.4 is 5.32 Å². The van der Waals surface area contributed by atoms with Gasteiger partial charge >= 0.3 is 0 Å². The van der Waals surface area contributed by atoms with Crippen LogP contribution in [0.4, 0.5) is 5.82 Å². The van der Waals surface area contributed by atoms with Gasteiger partial charge in [0.2, 0.25) is 0 Å². The second-order valence-electron chi connectivity index (χ2n) is 3.66. The maximum Gasteiger partial charge on any atom is 0.126 e. The highest BCUT2D eigenvalue weighted by Gasteiger charge is 2.00. The third-order valence-electron chi connectivity index (χ3n) is 2.33. The Morgan fingerprint density at radius 3 is 2.81 bits per heavy atom. The van der Waals surface area contributed by atoms with Crippen LogP contribution in [0.25, 0.3) is 0 Å². The average molecular weight is 233 g/mol. The molecule has 0 atom stereocenters. The number of hydrogen-bond acceptors (Lipinski definition) is 2. The van der Waals surface area contributed by atoms with E-state index in [-0.39, 0.29) is 0 Å². The number of nitrogens with zero attached hydrogens (tertiary/aromatic N) is 1. The Morgan fingerprint density at radius 1 is 1.25 bits per heavy atom. The van der Waals surface area contributed by atoms with Crippen LogP contribution in [-0.4, -0.2) is 4.98 Å². The van der Waals surface area contributed by atoms with E-state index in [1.54, 1.807) is 6.20 Å². The molecule has 0 saturated heterocycles. The Hall–Kier alpha value is -1.54. The summed E-state index contributed by atoms with van der Waals surface area (Å²) in [4.78, 5) is 4.19. The number of benzene rings is 1. The van der Waals surface area contributed by atoms with Gasteiger partial charge in [0.25, 0.3) is 0 Å². The molecule has 1 aromatic heterocycles. The van der Waals surface area contributed by atoms with Crippen molar-refractivity contribution in [2.45, 2.75) is 13.5 Å². The van der Waals surface area contributed by atoms with Gasteiger partial charge in [-0.3, -0.25) is 0 Å². The molecule has 0 aliphatic carbocycles. The van der Waals surface area contributed by atoms with Crippen molar-refractivity contribution in [1.29, 1.82) is 0 Å². The molecule has 0 amide bonds. The molecule has 1 heterocycles. The van der Waals surface area contributed by atoms with Crippen molar-refractivity contribution in [2.75, 3.05) is 5.32 Å². The van der Waals surface area contributed by atoms with Crippen molar-refractivity contribution in [3.63, 3.8) is 0 Å². The molecule has 0 saturated carbocycles. The molecule has 2 nitrogen and oxygen atoms in total. The first-order valence-corrected chi connectivity index (χ1v) is 5.53. The standard InChI is InChI=1S/C13H13ClN2/c1-10-5-6-11(12(14)8-10)9-16-13-4-2-3-7-15-13/h2-8H,9H2,1H3,(H,15,16). The number of anilines is 1. The molecule has 0 aliphatic rings. The van der Waals surface area contributed by atoms with Crippen molar-refractivity contribution < 1.29 is 0 Å². The fraction of sp³-hybridized carbons (Fsp3) is 0.154.